The van der Waals surface area contributed by atoms with E-state index in [9.17, 15) is 18.0 Å². The van der Waals surface area contributed by atoms with Crippen molar-refractivity contribution in [1.29, 1.82) is 0 Å². The van der Waals surface area contributed by atoms with E-state index in [0.717, 1.165) is 18.6 Å². The summed E-state index contributed by atoms with van der Waals surface area (Å²) in [4.78, 5) is 18.4. The Morgan fingerprint density at radius 1 is 1.11 bits per heavy atom. The first-order valence-corrected chi connectivity index (χ1v) is 8.63. The zero-order chi connectivity index (χ0) is 19.7. The third-order valence-electron chi connectivity index (χ3n) is 4.51. The first-order chi connectivity index (χ1) is 13.5. The van der Waals surface area contributed by atoms with E-state index in [1.54, 1.807) is 0 Å². The summed E-state index contributed by atoms with van der Waals surface area (Å²) in [6.07, 6.45) is 1.35. The van der Waals surface area contributed by atoms with Crippen LogP contribution in [0.4, 0.5) is 23.7 Å². The van der Waals surface area contributed by atoms with Gasteiger partial charge in [0.25, 0.3) is 0 Å². The number of likely N-dealkylation sites (tertiary alicyclic amines) is 1. The number of amides is 2. The number of anilines is 1. The lowest BCUT2D eigenvalue weighted by molar-refractivity contribution is 0.193. The van der Waals surface area contributed by atoms with Crippen LogP contribution in [-0.4, -0.2) is 27.6 Å². The number of carbonyl (C=O) groups excluding carboxylic acids is 1. The summed E-state index contributed by atoms with van der Waals surface area (Å²) in [6.45, 7) is 0.453. The molecule has 0 unspecified atom stereocenters. The number of halogens is 3. The molecular formula is C19H15F3N4O2. The Labute approximate surface area is 158 Å². The van der Waals surface area contributed by atoms with Crippen molar-refractivity contribution in [2.45, 2.75) is 18.9 Å². The molecule has 3 aromatic rings. The summed E-state index contributed by atoms with van der Waals surface area (Å²) in [5.74, 6) is -1.85. The summed E-state index contributed by atoms with van der Waals surface area (Å²) in [7, 11) is 0. The largest absolute Gasteiger partial charge is 0.337 e. The zero-order valence-corrected chi connectivity index (χ0v) is 14.5. The third-order valence-corrected chi connectivity index (χ3v) is 4.51. The Kier molecular flexibility index (Phi) is 4.72. The number of urea groups is 1. The molecule has 0 saturated carbocycles. The van der Waals surface area contributed by atoms with Gasteiger partial charge in [-0.15, -0.1) is 0 Å². The van der Waals surface area contributed by atoms with Gasteiger partial charge in [-0.2, -0.15) is 4.98 Å². The number of nitrogens with zero attached hydrogens (tertiary/aromatic N) is 3. The summed E-state index contributed by atoms with van der Waals surface area (Å²) in [6, 6.07) is 7.88. The summed E-state index contributed by atoms with van der Waals surface area (Å²) < 4.78 is 44.8. The average molecular weight is 388 g/mol. The maximum atomic E-state index is 13.3. The Bertz CT molecular complexity index is 1010. The van der Waals surface area contributed by atoms with Gasteiger partial charge in [0.2, 0.25) is 11.7 Å². The number of rotatable bonds is 3. The van der Waals surface area contributed by atoms with Crippen molar-refractivity contribution in [1.82, 2.24) is 15.0 Å². The molecule has 0 aliphatic carbocycles. The van der Waals surface area contributed by atoms with Crippen molar-refractivity contribution in [3.05, 3.63) is 65.8 Å². The van der Waals surface area contributed by atoms with Crippen molar-refractivity contribution in [2.75, 3.05) is 11.9 Å². The van der Waals surface area contributed by atoms with Gasteiger partial charge in [-0.1, -0.05) is 5.16 Å². The van der Waals surface area contributed by atoms with Crippen LogP contribution in [0.15, 0.2) is 47.0 Å². The van der Waals surface area contributed by atoms with E-state index in [0.29, 0.717) is 24.4 Å². The second-order valence-corrected chi connectivity index (χ2v) is 6.37. The quantitative estimate of drug-likeness (QED) is 0.716. The smallest absolute Gasteiger partial charge is 0.322 e. The molecule has 28 heavy (non-hydrogen) atoms. The summed E-state index contributed by atoms with van der Waals surface area (Å²) >= 11 is 0. The average Bonchev–Trinajstić information content (AvgIpc) is 3.34. The lowest BCUT2D eigenvalue weighted by atomic mass is 10.2. The summed E-state index contributed by atoms with van der Waals surface area (Å²) in [5, 5.41) is 6.45. The molecule has 9 heteroatoms. The highest BCUT2D eigenvalue weighted by molar-refractivity contribution is 5.89. The van der Waals surface area contributed by atoms with Gasteiger partial charge in [0.1, 0.15) is 11.9 Å². The Balaban J connectivity index is 1.51. The van der Waals surface area contributed by atoms with Gasteiger partial charge in [0.15, 0.2) is 11.6 Å². The molecule has 0 spiro atoms. The van der Waals surface area contributed by atoms with E-state index in [2.05, 4.69) is 15.5 Å². The number of benzene rings is 2. The number of aromatic nitrogens is 2. The van der Waals surface area contributed by atoms with Crippen LogP contribution in [0.1, 0.15) is 24.8 Å². The predicted molar refractivity (Wildman–Crippen MR) is 93.7 cm³/mol. The molecule has 1 saturated heterocycles. The first kappa shape index (κ1) is 18.0. The molecule has 6 nitrogen and oxygen atoms in total. The topological polar surface area (TPSA) is 71.3 Å². The van der Waals surface area contributed by atoms with Gasteiger partial charge in [0, 0.05) is 23.9 Å². The van der Waals surface area contributed by atoms with E-state index < -0.39 is 23.7 Å². The molecular weight excluding hydrogens is 373 g/mol. The van der Waals surface area contributed by atoms with Crippen molar-refractivity contribution in [3.8, 4) is 11.4 Å². The highest BCUT2D eigenvalue weighted by Gasteiger charge is 2.34. The van der Waals surface area contributed by atoms with E-state index >= 15 is 0 Å². The van der Waals surface area contributed by atoms with Crippen LogP contribution < -0.4 is 5.32 Å². The van der Waals surface area contributed by atoms with Crippen molar-refractivity contribution in [3.63, 3.8) is 0 Å². The molecule has 1 N–H and O–H groups in total. The molecule has 1 aromatic heterocycles. The normalized spacial score (nSPS) is 16.4. The van der Waals surface area contributed by atoms with Gasteiger partial charge in [-0.25, -0.2) is 18.0 Å². The number of nitrogens with one attached hydrogen (secondary N) is 1. The Morgan fingerprint density at radius 3 is 2.64 bits per heavy atom. The van der Waals surface area contributed by atoms with Crippen molar-refractivity contribution >= 4 is 11.7 Å². The molecule has 4 rings (SSSR count). The number of hydrogen-bond donors (Lipinski definition) is 1. The van der Waals surface area contributed by atoms with Crippen LogP contribution in [0.2, 0.25) is 0 Å². The van der Waals surface area contributed by atoms with Crippen LogP contribution >= 0.6 is 0 Å². The minimum atomic E-state index is -1.04. The summed E-state index contributed by atoms with van der Waals surface area (Å²) in [5.41, 5.74) is 0.735. The highest BCUT2D eigenvalue weighted by Crippen LogP contribution is 2.32. The van der Waals surface area contributed by atoms with Crippen LogP contribution in [0, 0.1) is 17.5 Å². The number of carbonyl (C=O) groups is 1. The Morgan fingerprint density at radius 2 is 1.89 bits per heavy atom. The number of hydrogen-bond acceptors (Lipinski definition) is 4. The van der Waals surface area contributed by atoms with Crippen molar-refractivity contribution in [2.24, 2.45) is 0 Å². The third kappa shape index (κ3) is 3.55. The fourth-order valence-electron chi connectivity index (χ4n) is 3.12. The molecule has 1 atom stereocenters. The van der Waals surface area contributed by atoms with E-state index in [-0.39, 0.29) is 17.4 Å². The monoisotopic (exact) mass is 388 g/mol. The molecule has 2 aromatic carbocycles. The second kappa shape index (κ2) is 7.34. The molecule has 0 bridgehead atoms. The first-order valence-electron chi connectivity index (χ1n) is 8.63. The molecule has 1 aliphatic heterocycles. The molecule has 2 amide bonds. The second-order valence-electron chi connectivity index (χ2n) is 6.37. The fourth-order valence-corrected chi connectivity index (χ4v) is 3.12. The van der Waals surface area contributed by atoms with Crippen LogP contribution in [0.5, 0.6) is 0 Å². The molecule has 1 fully saturated rings. The predicted octanol–water partition coefficient (Wildman–Crippen LogP) is 4.52. The van der Waals surface area contributed by atoms with Gasteiger partial charge in [-0.3, -0.25) is 0 Å². The molecule has 1 aliphatic rings. The minimum absolute atomic E-state index is 0.145. The highest BCUT2D eigenvalue weighted by atomic mass is 19.2. The lowest BCUT2D eigenvalue weighted by Gasteiger charge is -2.22. The molecule has 2 heterocycles. The van der Waals surface area contributed by atoms with Gasteiger partial charge in [-0.05, 0) is 49.2 Å². The van der Waals surface area contributed by atoms with Crippen LogP contribution in [0.25, 0.3) is 11.4 Å². The maximum absolute atomic E-state index is 13.3. The van der Waals surface area contributed by atoms with Crippen LogP contribution in [-0.2, 0) is 0 Å². The Hall–Kier alpha value is -3.36. The van der Waals surface area contributed by atoms with Crippen molar-refractivity contribution < 1.29 is 22.5 Å². The lowest BCUT2D eigenvalue weighted by Crippen LogP contribution is -2.34. The van der Waals surface area contributed by atoms with E-state index in [1.807, 2.05) is 0 Å². The van der Waals surface area contributed by atoms with E-state index in [1.165, 1.54) is 35.2 Å². The van der Waals surface area contributed by atoms with Gasteiger partial charge < -0.3 is 14.7 Å². The fraction of sp³-hybridized carbons (Fsp3) is 0.211. The van der Waals surface area contributed by atoms with Crippen LogP contribution in [0.3, 0.4) is 0 Å². The standard InChI is InChI=1S/C19H15F3N4O2/c20-12-5-3-11(4-6-12)17-24-18(28-25-17)16-2-1-9-26(16)19(27)23-13-7-8-14(21)15(22)10-13/h3-8,10,16H,1-2,9H2,(H,23,27)/t16-/m1/s1. The maximum Gasteiger partial charge on any atom is 0.322 e. The molecule has 144 valence electrons. The van der Waals surface area contributed by atoms with Gasteiger partial charge in [0.05, 0.1) is 0 Å². The van der Waals surface area contributed by atoms with E-state index in [4.69, 9.17) is 4.52 Å². The SMILES string of the molecule is O=C(Nc1ccc(F)c(F)c1)N1CCC[C@@H]1c1nc(-c2ccc(F)cc2)no1. The zero-order valence-electron chi connectivity index (χ0n) is 14.5. The van der Waals surface area contributed by atoms with Gasteiger partial charge >= 0.3 is 6.03 Å². The minimum Gasteiger partial charge on any atom is -0.337 e. The molecule has 0 radical (unpaired) electrons.